The van der Waals surface area contributed by atoms with Gasteiger partial charge in [-0.05, 0) is 18.6 Å². The van der Waals surface area contributed by atoms with Crippen molar-refractivity contribution in [3.8, 4) is 0 Å². The highest BCUT2D eigenvalue weighted by atomic mass is 35.5. The van der Waals surface area contributed by atoms with Crippen molar-refractivity contribution < 1.29 is 8.42 Å². The summed E-state index contributed by atoms with van der Waals surface area (Å²) in [5, 5.41) is 1.64. The lowest BCUT2D eigenvalue weighted by Gasteiger charge is -2.19. The third kappa shape index (κ3) is 3.12. The molecule has 0 radical (unpaired) electrons. The third-order valence-electron chi connectivity index (χ3n) is 3.55. The molecule has 1 atom stereocenters. The van der Waals surface area contributed by atoms with Crippen LogP contribution in [-0.4, -0.2) is 43.8 Å². The van der Waals surface area contributed by atoms with Crippen molar-refractivity contribution in [3.63, 3.8) is 0 Å². The number of hydrogen-bond acceptors (Lipinski definition) is 5. The highest BCUT2D eigenvalue weighted by Gasteiger charge is 2.27. The molecule has 3 rings (SSSR count). The Morgan fingerprint density at radius 1 is 1.32 bits per heavy atom. The van der Waals surface area contributed by atoms with Gasteiger partial charge in [0.2, 0.25) is 10.0 Å². The van der Waals surface area contributed by atoms with Gasteiger partial charge in [-0.2, -0.15) is 0 Å². The minimum atomic E-state index is -3.22. The van der Waals surface area contributed by atoms with E-state index in [1.165, 1.54) is 6.33 Å². The molecule has 0 bridgehead atoms. The minimum Gasteiger partial charge on any atom is -0.354 e. The quantitative estimate of drug-likeness (QED) is 0.906. The van der Waals surface area contributed by atoms with E-state index < -0.39 is 10.0 Å². The maximum atomic E-state index is 11.3. The second-order valence-corrected chi connectivity index (χ2v) is 7.84. The first kappa shape index (κ1) is 15.7. The summed E-state index contributed by atoms with van der Waals surface area (Å²) >= 11 is 12.2. The number of sulfonamides is 1. The standard InChI is InChI=1S/C13H14Cl2N4O2S/c1-22(20,21)18-8-4-5-19(6-8)13-9-2-3-10(14)11(15)12(9)16-7-17-13/h2-3,7-8,18H,4-6H2,1H3/t8-/m0/s1. The second-order valence-electron chi connectivity index (χ2n) is 5.28. The van der Waals surface area contributed by atoms with Crippen LogP contribution >= 0.6 is 23.2 Å². The van der Waals surface area contributed by atoms with Gasteiger partial charge in [-0.1, -0.05) is 23.2 Å². The number of anilines is 1. The Kier molecular flexibility index (Phi) is 4.15. The summed E-state index contributed by atoms with van der Waals surface area (Å²) in [5.41, 5.74) is 0.596. The van der Waals surface area contributed by atoms with Gasteiger partial charge in [0, 0.05) is 24.5 Å². The van der Waals surface area contributed by atoms with Crippen LogP contribution in [0.3, 0.4) is 0 Å². The molecule has 1 aliphatic rings. The molecule has 22 heavy (non-hydrogen) atoms. The summed E-state index contributed by atoms with van der Waals surface area (Å²) in [4.78, 5) is 10.5. The van der Waals surface area contributed by atoms with Crippen LogP contribution in [0.25, 0.3) is 10.9 Å². The molecular weight excluding hydrogens is 347 g/mol. The van der Waals surface area contributed by atoms with E-state index >= 15 is 0 Å². The molecular formula is C13H14Cl2N4O2S. The normalized spacial score (nSPS) is 19.0. The molecule has 0 amide bonds. The first-order chi connectivity index (χ1) is 10.3. The van der Waals surface area contributed by atoms with Crippen LogP contribution in [0, 0.1) is 0 Å². The molecule has 9 heteroatoms. The fourth-order valence-electron chi connectivity index (χ4n) is 2.66. The van der Waals surface area contributed by atoms with Crippen LogP contribution in [0.2, 0.25) is 10.0 Å². The fraction of sp³-hybridized carbons (Fsp3) is 0.385. The summed E-state index contributed by atoms with van der Waals surface area (Å²) < 4.78 is 25.3. The summed E-state index contributed by atoms with van der Waals surface area (Å²) in [6.07, 6.45) is 3.33. The molecule has 1 saturated heterocycles. The minimum absolute atomic E-state index is 0.122. The van der Waals surface area contributed by atoms with Crippen LogP contribution < -0.4 is 9.62 Å². The Bertz CT molecular complexity index is 828. The SMILES string of the molecule is CS(=O)(=O)N[C@H]1CCN(c2ncnc3c(Cl)c(Cl)ccc23)C1. The van der Waals surface area contributed by atoms with Gasteiger partial charge in [-0.15, -0.1) is 0 Å². The van der Waals surface area contributed by atoms with Crippen molar-refractivity contribution >= 4 is 49.9 Å². The first-order valence-corrected chi connectivity index (χ1v) is 9.31. The summed E-state index contributed by atoms with van der Waals surface area (Å²) in [7, 11) is -3.22. The highest BCUT2D eigenvalue weighted by molar-refractivity contribution is 7.88. The third-order valence-corrected chi connectivity index (χ3v) is 5.10. The molecule has 2 aromatic rings. The Hall–Kier alpha value is -1.15. The lowest BCUT2D eigenvalue weighted by molar-refractivity contribution is 0.567. The van der Waals surface area contributed by atoms with E-state index in [-0.39, 0.29) is 6.04 Å². The lowest BCUT2D eigenvalue weighted by atomic mass is 10.2. The molecule has 0 aliphatic carbocycles. The lowest BCUT2D eigenvalue weighted by Crippen LogP contribution is -2.36. The van der Waals surface area contributed by atoms with Crippen molar-refractivity contribution in [2.24, 2.45) is 0 Å². The molecule has 118 valence electrons. The summed E-state index contributed by atoms with van der Waals surface area (Å²) in [5.74, 6) is 0.737. The Labute approximate surface area is 138 Å². The number of fused-ring (bicyclic) bond motifs is 1. The van der Waals surface area contributed by atoms with E-state index in [2.05, 4.69) is 14.7 Å². The van der Waals surface area contributed by atoms with Gasteiger partial charge < -0.3 is 4.90 Å². The Balaban J connectivity index is 1.93. The number of hydrogen-bond donors (Lipinski definition) is 1. The summed E-state index contributed by atoms with van der Waals surface area (Å²) in [6.45, 7) is 1.26. The number of rotatable bonds is 3. The van der Waals surface area contributed by atoms with Crippen molar-refractivity contribution in [3.05, 3.63) is 28.5 Å². The van der Waals surface area contributed by atoms with E-state index in [1.807, 2.05) is 11.0 Å². The zero-order valence-electron chi connectivity index (χ0n) is 11.8. The topological polar surface area (TPSA) is 75.2 Å². The smallest absolute Gasteiger partial charge is 0.209 e. The van der Waals surface area contributed by atoms with E-state index in [0.717, 1.165) is 23.9 Å². The molecule has 1 N–H and O–H groups in total. The van der Waals surface area contributed by atoms with Gasteiger partial charge in [0.25, 0.3) is 0 Å². The first-order valence-electron chi connectivity index (χ1n) is 6.66. The van der Waals surface area contributed by atoms with Crippen LogP contribution in [-0.2, 0) is 10.0 Å². The number of nitrogens with zero attached hydrogens (tertiary/aromatic N) is 3. The second kappa shape index (κ2) is 5.81. The average molecular weight is 361 g/mol. The van der Waals surface area contributed by atoms with Crippen LogP contribution in [0.5, 0.6) is 0 Å². The maximum Gasteiger partial charge on any atom is 0.209 e. The molecule has 6 nitrogen and oxygen atoms in total. The highest BCUT2D eigenvalue weighted by Crippen LogP contribution is 2.34. The van der Waals surface area contributed by atoms with E-state index in [0.29, 0.717) is 28.7 Å². The van der Waals surface area contributed by atoms with Crippen molar-refractivity contribution in [1.82, 2.24) is 14.7 Å². The molecule has 0 saturated carbocycles. The number of halogens is 2. The van der Waals surface area contributed by atoms with Gasteiger partial charge in [0.15, 0.2) is 0 Å². The van der Waals surface area contributed by atoms with Crippen LogP contribution in [0.4, 0.5) is 5.82 Å². The largest absolute Gasteiger partial charge is 0.354 e. The Morgan fingerprint density at radius 3 is 2.82 bits per heavy atom. The number of benzene rings is 1. The predicted molar refractivity (Wildman–Crippen MR) is 88.2 cm³/mol. The van der Waals surface area contributed by atoms with E-state index in [1.54, 1.807) is 6.07 Å². The summed E-state index contributed by atoms with van der Waals surface area (Å²) in [6, 6.07) is 3.42. The fourth-order valence-corrected chi connectivity index (χ4v) is 3.82. The van der Waals surface area contributed by atoms with Gasteiger partial charge in [-0.25, -0.2) is 23.1 Å². The zero-order chi connectivity index (χ0) is 15.9. The maximum absolute atomic E-state index is 11.3. The predicted octanol–water partition coefficient (Wildman–Crippen LogP) is 2.06. The van der Waals surface area contributed by atoms with Crippen molar-refractivity contribution in [1.29, 1.82) is 0 Å². The van der Waals surface area contributed by atoms with E-state index in [4.69, 9.17) is 23.2 Å². The monoisotopic (exact) mass is 360 g/mol. The molecule has 1 fully saturated rings. The zero-order valence-corrected chi connectivity index (χ0v) is 14.1. The van der Waals surface area contributed by atoms with Crippen molar-refractivity contribution in [2.45, 2.75) is 12.5 Å². The van der Waals surface area contributed by atoms with Gasteiger partial charge in [0.1, 0.15) is 12.1 Å². The number of aromatic nitrogens is 2. The van der Waals surface area contributed by atoms with E-state index in [9.17, 15) is 8.42 Å². The van der Waals surface area contributed by atoms with Crippen LogP contribution in [0.1, 0.15) is 6.42 Å². The number of nitrogens with one attached hydrogen (secondary N) is 1. The van der Waals surface area contributed by atoms with Gasteiger partial charge in [0.05, 0.1) is 21.8 Å². The van der Waals surface area contributed by atoms with Gasteiger partial charge >= 0.3 is 0 Å². The van der Waals surface area contributed by atoms with Gasteiger partial charge in [-0.3, -0.25) is 0 Å². The molecule has 0 unspecified atom stereocenters. The molecule has 1 aromatic carbocycles. The molecule has 1 aromatic heterocycles. The van der Waals surface area contributed by atoms with Crippen molar-refractivity contribution in [2.75, 3.05) is 24.2 Å². The van der Waals surface area contributed by atoms with Crippen LogP contribution in [0.15, 0.2) is 18.5 Å². The molecule has 2 heterocycles. The Morgan fingerprint density at radius 2 is 2.09 bits per heavy atom. The molecule has 0 spiro atoms. The average Bonchev–Trinajstić information content (AvgIpc) is 2.88. The molecule has 1 aliphatic heterocycles.